The zero-order chi connectivity index (χ0) is 11.2. The number of hydrogen-bond acceptors (Lipinski definition) is 5. The molecule has 0 rings (SSSR count). The van der Waals surface area contributed by atoms with Crippen molar-refractivity contribution in [3.8, 4) is 12.3 Å². The summed E-state index contributed by atoms with van der Waals surface area (Å²) in [7, 11) is -6.80. The predicted molar refractivity (Wildman–Crippen MR) is 52.9 cm³/mol. The van der Waals surface area contributed by atoms with Crippen molar-refractivity contribution in [2.75, 3.05) is 24.4 Å². The standard InChI is InChI=1S/C7H12O5S2/c1-3-5-12-14(10,11)7-4-6-13(2,8)9/h1H,4-7H2,2H3. The van der Waals surface area contributed by atoms with Gasteiger partial charge in [0.1, 0.15) is 16.4 Å². The lowest BCUT2D eigenvalue weighted by molar-refractivity contribution is 0.363. The van der Waals surface area contributed by atoms with Crippen LogP contribution in [0.2, 0.25) is 0 Å². The Bertz CT molecular complexity index is 398. The van der Waals surface area contributed by atoms with E-state index in [1.807, 2.05) is 5.92 Å². The lowest BCUT2D eigenvalue weighted by atomic mass is 10.6. The van der Waals surface area contributed by atoms with Gasteiger partial charge in [-0.05, 0) is 6.42 Å². The van der Waals surface area contributed by atoms with Gasteiger partial charge in [0.05, 0.1) is 11.5 Å². The molecular weight excluding hydrogens is 228 g/mol. The summed E-state index contributed by atoms with van der Waals surface area (Å²) in [5.74, 6) is 1.50. The van der Waals surface area contributed by atoms with Gasteiger partial charge in [-0.2, -0.15) is 8.42 Å². The SMILES string of the molecule is C#CCOS(=O)(=O)CCCS(C)(=O)=O. The van der Waals surface area contributed by atoms with Crippen LogP contribution in [0.4, 0.5) is 0 Å². The van der Waals surface area contributed by atoms with Crippen molar-refractivity contribution in [3.63, 3.8) is 0 Å². The van der Waals surface area contributed by atoms with Crippen molar-refractivity contribution in [2.45, 2.75) is 6.42 Å². The number of hydrogen-bond donors (Lipinski definition) is 0. The highest BCUT2D eigenvalue weighted by molar-refractivity contribution is 7.90. The predicted octanol–water partition coefficient (Wildman–Crippen LogP) is -0.599. The Hall–Kier alpha value is -0.580. The summed E-state index contributed by atoms with van der Waals surface area (Å²) in [4.78, 5) is 0. The van der Waals surface area contributed by atoms with E-state index < -0.39 is 20.0 Å². The molecular formula is C7H12O5S2. The van der Waals surface area contributed by atoms with Crippen LogP contribution in [0.3, 0.4) is 0 Å². The van der Waals surface area contributed by atoms with Crippen LogP contribution < -0.4 is 0 Å². The van der Waals surface area contributed by atoms with Crippen molar-refractivity contribution in [1.29, 1.82) is 0 Å². The largest absolute Gasteiger partial charge is 0.268 e. The molecule has 0 radical (unpaired) electrons. The zero-order valence-corrected chi connectivity index (χ0v) is 9.40. The third-order valence-electron chi connectivity index (χ3n) is 1.23. The Balaban J connectivity index is 3.97. The topological polar surface area (TPSA) is 77.5 Å². The second kappa shape index (κ2) is 5.34. The van der Waals surface area contributed by atoms with Crippen molar-refractivity contribution >= 4 is 20.0 Å². The minimum absolute atomic E-state index is 0.0196. The van der Waals surface area contributed by atoms with Crippen LogP contribution >= 0.6 is 0 Å². The average molecular weight is 240 g/mol. The summed E-state index contributed by atoms with van der Waals surface area (Å²) in [6, 6.07) is 0. The second-order valence-electron chi connectivity index (χ2n) is 2.71. The van der Waals surface area contributed by atoms with Crippen LogP contribution in [0.15, 0.2) is 0 Å². The second-order valence-corrected chi connectivity index (χ2v) is 6.73. The average Bonchev–Trinajstić information content (AvgIpc) is 1.98. The van der Waals surface area contributed by atoms with Gasteiger partial charge in [0, 0.05) is 6.26 Å². The molecule has 0 atom stereocenters. The van der Waals surface area contributed by atoms with Crippen LogP contribution in [0, 0.1) is 12.3 Å². The quantitative estimate of drug-likeness (QED) is 0.457. The maximum atomic E-state index is 11.0. The first-order valence-corrected chi connectivity index (χ1v) is 7.39. The summed E-state index contributed by atoms with van der Waals surface area (Å²) in [6.45, 7) is -0.318. The highest BCUT2D eigenvalue weighted by Gasteiger charge is 2.12. The minimum Gasteiger partial charge on any atom is -0.257 e. The van der Waals surface area contributed by atoms with E-state index in [1.54, 1.807) is 0 Å². The van der Waals surface area contributed by atoms with Gasteiger partial charge in [-0.25, -0.2) is 8.42 Å². The third-order valence-corrected chi connectivity index (χ3v) is 3.53. The molecule has 14 heavy (non-hydrogen) atoms. The first-order valence-electron chi connectivity index (χ1n) is 3.75. The Morgan fingerprint density at radius 3 is 2.21 bits per heavy atom. The summed E-state index contributed by atoms with van der Waals surface area (Å²) in [6.07, 6.45) is 5.86. The fraction of sp³-hybridized carbons (Fsp3) is 0.714. The van der Waals surface area contributed by atoms with E-state index in [2.05, 4.69) is 4.18 Å². The van der Waals surface area contributed by atoms with Crippen molar-refractivity contribution < 1.29 is 21.0 Å². The highest BCUT2D eigenvalue weighted by atomic mass is 32.2. The zero-order valence-electron chi connectivity index (χ0n) is 7.76. The molecule has 5 nitrogen and oxygen atoms in total. The van der Waals surface area contributed by atoms with Gasteiger partial charge < -0.3 is 0 Å². The Kier molecular flexibility index (Phi) is 5.12. The molecule has 82 valence electrons. The summed E-state index contributed by atoms with van der Waals surface area (Å²) < 4.78 is 47.6. The molecule has 0 unspecified atom stereocenters. The van der Waals surface area contributed by atoms with Crippen LogP contribution in [-0.2, 0) is 24.1 Å². The third kappa shape index (κ3) is 8.04. The Labute approximate surface area is 84.5 Å². The molecule has 0 aromatic rings. The lowest BCUT2D eigenvalue weighted by Crippen LogP contribution is -2.14. The van der Waals surface area contributed by atoms with Gasteiger partial charge in [0.15, 0.2) is 0 Å². The van der Waals surface area contributed by atoms with Gasteiger partial charge in [-0.1, -0.05) is 5.92 Å². The van der Waals surface area contributed by atoms with E-state index in [1.165, 1.54) is 0 Å². The summed E-state index contributed by atoms with van der Waals surface area (Å²) >= 11 is 0. The van der Waals surface area contributed by atoms with Crippen LogP contribution in [0.5, 0.6) is 0 Å². The number of terminal acetylenes is 1. The molecule has 0 aliphatic heterocycles. The summed E-state index contributed by atoms with van der Waals surface area (Å²) in [5, 5.41) is 0. The minimum atomic E-state index is -3.67. The Morgan fingerprint density at radius 2 is 1.79 bits per heavy atom. The molecule has 0 aromatic heterocycles. The van der Waals surface area contributed by atoms with E-state index in [0.29, 0.717) is 0 Å². The van der Waals surface area contributed by atoms with Gasteiger partial charge in [0.25, 0.3) is 10.1 Å². The molecule has 0 heterocycles. The van der Waals surface area contributed by atoms with Crippen LogP contribution in [0.25, 0.3) is 0 Å². The molecule has 0 aliphatic rings. The monoisotopic (exact) mass is 240 g/mol. The van der Waals surface area contributed by atoms with E-state index in [9.17, 15) is 16.8 Å². The van der Waals surface area contributed by atoms with Gasteiger partial charge in [0.2, 0.25) is 0 Å². The molecule has 0 spiro atoms. The molecule has 0 bridgehead atoms. The first-order chi connectivity index (χ1) is 6.27. The van der Waals surface area contributed by atoms with Gasteiger partial charge in [-0.15, -0.1) is 6.42 Å². The highest BCUT2D eigenvalue weighted by Crippen LogP contribution is 1.98. The van der Waals surface area contributed by atoms with E-state index in [0.717, 1.165) is 6.26 Å². The van der Waals surface area contributed by atoms with Crippen LogP contribution in [-0.4, -0.2) is 41.2 Å². The normalized spacial score (nSPS) is 12.3. The van der Waals surface area contributed by atoms with Crippen molar-refractivity contribution in [3.05, 3.63) is 0 Å². The molecule has 0 fully saturated rings. The molecule has 0 aliphatic carbocycles. The van der Waals surface area contributed by atoms with Gasteiger partial charge >= 0.3 is 0 Å². The fourth-order valence-corrected chi connectivity index (χ4v) is 2.40. The lowest BCUT2D eigenvalue weighted by Gasteiger charge is -2.01. The summed E-state index contributed by atoms with van der Waals surface area (Å²) in [5.41, 5.74) is 0. The smallest absolute Gasteiger partial charge is 0.257 e. The molecule has 7 heteroatoms. The molecule has 0 saturated carbocycles. The molecule has 0 saturated heterocycles. The van der Waals surface area contributed by atoms with Crippen LogP contribution in [0.1, 0.15) is 6.42 Å². The fourth-order valence-electron chi connectivity index (χ4n) is 0.681. The maximum Gasteiger partial charge on any atom is 0.268 e. The van der Waals surface area contributed by atoms with Gasteiger partial charge in [-0.3, -0.25) is 4.18 Å². The molecule has 0 aromatic carbocycles. The van der Waals surface area contributed by atoms with E-state index >= 15 is 0 Å². The maximum absolute atomic E-state index is 11.0. The number of rotatable bonds is 6. The molecule has 0 amide bonds. The first kappa shape index (κ1) is 13.4. The van der Waals surface area contributed by atoms with Crippen molar-refractivity contribution in [1.82, 2.24) is 0 Å². The van der Waals surface area contributed by atoms with Crippen molar-refractivity contribution in [2.24, 2.45) is 0 Å². The number of sulfone groups is 1. The van der Waals surface area contributed by atoms with E-state index in [-0.39, 0.29) is 24.5 Å². The Morgan fingerprint density at radius 1 is 1.21 bits per heavy atom. The van der Waals surface area contributed by atoms with E-state index in [4.69, 9.17) is 6.42 Å². The molecule has 0 N–H and O–H groups in total.